The number of amides is 2. The topological polar surface area (TPSA) is 63.4 Å². The zero-order valence-corrected chi connectivity index (χ0v) is 10.0. The molecule has 0 aliphatic carbocycles. The van der Waals surface area contributed by atoms with Gasteiger partial charge in [0.1, 0.15) is 9.78 Å². The van der Waals surface area contributed by atoms with Crippen molar-refractivity contribution in [1.82, 2.24) is 4.90 Å². The standard InChI is InChI=1S/C7H10Br2N2O2/c8-5(9)7(13)11-3-1-2-4(11)6(10)12/h4-5H,1-3H2,(H2,10,12). The molecule has 1 fully saturated rings. The maximum atomic E-state index is 11.5. The van der Waals surface area contributed by atoms with E-state index in [-0.39, 0.29) is 5.91 Å². The van der Waals surface area contributed by atoms with E-state index < -0.39 is 15.7 Å². The van der Waals surface area contributed by atoms with E-state index in [0.29, 0.717) is 13.0 Å². The summed E-state index contributed by atoms with van der Waals surface area (Å²) in [6.07, 6.45) is 1.51. The van der Waals surface area contributed by atoms with Gasteiger partial charge in [0.15, 0.2) is 0 Å². The number of primary amides is 1. The van der Waals surface area contributed by atoms with E-state index in [1.807, 2.05) is 0 Å². The third-order valence-electron chi connectivity index (χ3n) is 2.05. The molecule has 0 aromatic heterocycles. The Kier molecular flexibility index (Phi) is 3.73. The molecule has 2 N–H and O–H groups in total. The highest BCUT2D eigenvalue weighted by molar-refractivity contribution is 9.25. The predicted molar refractivity (Wildman–Crippen MR) is 55.6 cm³/mol. The summed E-state index contributed by atoms with van der Waals surface area (Å²) in [6.45, 7) is 0.611. The summed E-state index contributed by atoms with van der Waals surface area (Å²) in [7, 11) is 0. The van der Waals surface area contributed by atoms with E-state index in [2.05, 4.69) is 31.9 Å². The second-order valence-corrected chi connectivity index (χ2v) is 5.95. The zero-order valence-electron chi connectivity index (χ0n) is 6.87. The highest BCUT2D eigenvalue weighted by Gasteiger charge is 2.34. The van der Waals surface area contributed by atoms with Crippen molar-refractivity contribution in [2.45, 2.75) is 22.6 Å². The second kappa shape index (κ2) is 4.41. The molecule has 6 heteroatoms. The van der Waals surface area contributed by atoms with Crippen molar-refractivity contribution in [1.29, 1.82) is 0 Å². The van der Waals surface area contributed by atoms with E-state index in [4.69, 9.17) is 5.73 Å². The first-order chi connectivity index (χ1) is 6.04. The molecule has 1 unspecified atom stereocenters. The number of nitrogens with two attached hydrogens (primary N) is 1. The molecule has 0 bridgehead atoms. The second-order valence-electron chi connectivity index (χ2n) is 2.89. The number of halogens is 2. The molecule has 0 aromatic carbocycles. The van der Waals surface area contributed by atoms with Gasteiger partial charge < -0.3 is 10.6 Å². The Hall–Kier alpha value is -0.100. The van der Waals surface area contributed by atoms with E-state index in [9.17, 15) is 9.59 Å². The number of likely N-dealkylation sites (tertiary alicyclic amines) is 1. The maximum absolute atomic E-state index is 11.5. The van der Waals surface area contributed by atoms with Crippen LogP contribution in [0.15, 0.2) is 0 Å². The lowest BCUT2D eigenvalue weighted by atomic mass is 10.2. The maximum Gasteiger partial charge on any atom is 0.247 e. The molecule has 2 amide bonds. The normalized spacial score (nSPS) is 22.4. The zero-order chi connectivity index (χ0) is 10.0. The van der Waals surface area contributed by atoms with Crippen LogP contribution in [0.2, 0.25) is 0 Å². The van der Waals surface area contributed by atoms with E-state index in [1.54, 1.807) is 0 Å². The summed E-state index contributed by atoms with van der Waals surface area (Å²) in [4.78, 5) is 23.9. The minimum atomic E-state index is -0.431. The Balaban J connectivity index is 2.68. The van der Waals surface area contributed by atoms with Crippen molar-refractivity contribution >= 4 is 43.7 Å². The fourth-order valence-corrected chi connectivity index (χ4v) is 1.98. The van der Waals surface area contributed by atoms with Crippen LogP contribution >= 0.6 is 31.9 Å². The molecule has 1 saturated heterocycles. The number of hydrogen-bond donors (Lipinski definition) is 1. The first-order valence-corrected chi connectivity index (χ1v) is 5.75. The number of nitrogens with zero attached hydrogens (tertiary/aromatic N) is 1. The van der Waals surface area contributed by atoms with Crippen LogP contribution in [0.25, 0.3) is 0 Å². The molecule has 0 radical (unpaired) electrons. The van der Waals surface area contributed by atoms with Crippen molar-refractivity contribution in [3.63, 3.8) is 0 Å². The van der Waals surface area contributed by atoms with Crippen molar-refractivity contribution in [3.05, 3.63) is 0 Å². The third-order valence-corrected chi connectivity index (χ3v) is 2.83. The van der Waals surface area contributed by atoms with Crippen LogP contribution in [0.4, 0.5) is 0 Å². The van der Waals surface area contributed by atoms with Crippen LogP contribution in [0, 0.1) is 0 Å². The Morgan fingerprint density at radius 2 is 2.08 bits per heavy atom. The minimum Gasteiger partial charge on any atom is -0.368 e. The molecule has 1 heterocycles. The number of carbonyl (C=O) groups is 2. The molecule has 1 aliphatic heterocycles. The summed E-state index contributed by atoms with van der Waals surface area (Å²) >= 11 is 6.20. The summed E-state index contributed by atoms with van der Waals surface area (Å²) in [6, 6.07) is -0.426. The molecule has 1 rings (SSSR count). The van der Waals surface area contributed by atoms with Crippen molar-refractivity contribution in [2.24, 2.45) is 5.73 Å². The summed E-state index contributed by atoms with van der Waals surface area (Å²) < 4.78 is -0.431. The largest absolute Gasteiger partial charge is 0.368 e. The van der Waals surface area contributed by atoms with Gasteiger partial charge in [-0.3, -0.25) is 9.59 Å². The summed E-state index contributed by atoms with van der Waals surface area (Å²) in [5.41, 5.74) is 5.16. The first-order valence-electron chi connectivity index (χ1n) is 3.92. The van der Waals surface area contributed by atoms with Gasteiger partial charge in [-0.05, 0) is 12.8 Å². The smallest absolute Gasteiger partial charge is 0.247 e. The first kappa shape index (κ1) is 11.0. The number of rotatable bonds is 2. The molecule has 0 spiro atoms. The lowest BCUT2D eigenvalue weighted by Crippen LogP contribution is -2.45. The van der Waals surface area contributed by atoms with Gasteiger partial charge in [0.25, 0.3) is 0 Å². The summed E-state index contributed by atoms with van der Waals surface area (Å²) in [5, 5.41) is 0. The monoisotopic (exact) mass is 312 g/mol. The Labute approximate surface area is 93.1 Å². The Morgan fingerprint density at radius 1 is 1.46 bits per heavy atom. The van der Waals surface area contributed by atoms with Gasteiger partial charge in [-0.1, -0.05) is 31.9 Å². The highest BCUT2D eigenvalue weighted by Crippen LogP contribution is 2.21. The van der Waals surface area contributed by atoms with E-state index in [1.165, 1.54) is 4.90 Å². The van der Waals surface area contributed by atoms with E-state index >= 15 is 0 Å². The quantitative estimate of drug-likeness (QED) is 0.758. The Bertz CT molecular complexity index is 233. The Morgan fingerprint density at radius 3 is 2.54 bits per heavy atom. The molecular formula is C7H10Br2N2O2. The molecule has 4 nitrogen and oxygen atoms in total. The van der Waals surface area contributed by atoms with Crippen molar-refractivity contribution < 1.29 is 9.59 Å². The van der Waals surface area contributed by atoms with Crippen LogP contribution in [0.3, 0.4) is 0 Å². The van der Waals surface area contributed by atoms with Gasteiger partial charge in [-0.25, -0.2) is 0 Å². The average molecular weight is 314 g/mol. The molecule has 0 saturated carbocycles. The molecule has 1 atom stereocenters. The van der Waals surface area contributed by atoms with Gasteiger partial charge in [-0.15, -0.1) is 0 Å². The van der Waals surface area contributed by atoms with Gasteiger partial charge in [0.05, 0.1) is 0 Å². The van der Waals surface area contributed by atoms with Gasteiger partial charge in [0.2, 0.25) is 11.8 Å². The molecule has 74 valence electrons. The number of carbonyl (C=O) groups excluding carboxylic acids is 2. The molecule has 13 heavy (non-hydrogen) atoms. The van der Waals surface area contributed by atoms with Crippen LogP contribution in [0.1, 0.15) is 12.8 Å². The van der Waals surface area contributed by atoms with Crippen molar-refractivity contribution in [2.75, 3.05) is 6.54 Å². The van der Waals surface area contributed by atoms with Crippen LogP contribution in [-0.2, 0) is 9.59 Å². The lowest BCUT2D eigenvalue weighted by Gasteiger charge is -2.22. The third kappa shape index (κ3) is 2.43. The van der Waals surface area contributed by atoms with Crippen LogP contribution in [0.5, 0.6) is 0 Å². The predicted octanol–water partition coefficient (Wildman–Crippen LogP) is 0.579. The highest BCUT2D eigenvalue weighted by atomic mass is 79.9. The summed E-state index contributed by atoms with van der Waals surface area (Å²) in [5.74, 6) is -0.562. The molecular weight excluding hydrogens is 304 g/mol. The number of alkyl halides is 2. The van der Waals surface area contributed by atoms with Crippen LogP contribution in [-0.4, -0.2) is 33.0 Å². The fourth-order valence-electron chi connectivity index (χ4n) is 1.45. The fraction of sp³-hybridized carbons (Fsp3) is 0.714. The van der Waals surface area contributed by atoms with Gasteiger partial charge >= 0.3 is 0 Å². The van der Waals surface area contributed by atoms with Gasteiger partial charge in [0, 0.05) is 6.54 Å². The van der Waals surface area contributed by atoms with Crippen LogP contribution < -0.4 is 5.73 Å². The number of hydrogen-bond acceptors (Lipinski definition) is 2. The molecule has 1 aliphatic rings. The van der Waals surface area contributed by atoms with Crippen molar-refractivity contribution in [3.8, 4) is 0 Å². The lowest BCUT2D eigenvalue weighted by molar-refractivity contribution is -0.135. The van der Waals surface area contributed by atoms with E-state index in [0.717, 1.165) is 6.42 Å². The average Bonchev–Trinajstić information content (AvgIpc) is 2.50. The van der Waals surface area contributed by atoms with Gasteiger partial charge in [-0.2, -0.15) is 0 Å². The minimum absolute atomic E-state index is 0.138. The SMILES string of the molecule is NC(=O)C1CCCN1C(=O)C(Br)Br. The molecule has 0 aromatic rings.